The Kier molecular flexibility index (Phi) is 4.24. The molecular weight excluding hydrogens is 296 g/mol. The lowest BCUT2D eigenvalue weighted by Crippen LogP contribution is -1.98. The van der Waals surface area contributed by atoms with E-state index in [4.69, 9.17) is 0 Å². The lowest BCUT2D eigenvalue weighted by atomic mass is 10.2. The summed E-state index contributed by atoms with van der Waals surface area (Å²) < 4.78 is 0. The van der Waals surface area contributed by atoms with Crippen LogP contribution in [0.15, 0.2) is 35.4 Å². The molecule has 108 valence electrons. The van der Waals surface area contributed by atoms with E-state index in [1.54, 1.807) is 0 Å². The van der Waals surface area contributed by atoms with Crippen molar-refractivity contribution in [2.24, 2.45) is 5.10 Å². The summed E-state index contributed by atoms with van der Waals surface area (Å²) in [4.78, 5) is 22.2. The topological polar surface area (TPSA) is 111 Å². The number of non-ortho nitro benzene ring substituents is 1. The zero-order valence-electron chi connectivity index (χ0n) is 10.8. The standard InChI is InChI=1S/C12H10N4O4S/c1-8-2-4-10(21-8)7-13-14-11-5-3-9(15(17)18)6-12(11)16(19)20/h2-7,14H,1H3. The van der Waals surface area contributed by atoms with Gasteiger partial charge in [-0.3, -0.25) is 25.7 Å². The van der Waals surface area contributed by atoms with Gasteiger partial charge in [-0.1, -0.05) is 0 Å². The Morgan fingerprint density at radius 3 is 2.52 bits per heavy atom. The van der Waals surface area contributed by atoms with E-state index in [0.29, 0.717) is 0 Å². The maximum atomic E-state index is 10.9. The summed E-state index contributed by atoms with van der Waals surface area (Å²) in [6.07, 6.45) is 1.53. The van der Waals surface area contributed by atoms with E-state index in [1.165, 1.54) is 29.7 Å². The van der Waals surface area contributed by atoms with Gasteiger partial charge >= 0.3 is 5.69 Å². The second-order valence-corrected chi connectivity index (χ2v) is 5.35. The second kappa shape index (κ2) is 6.09. The summed E-state index contributed by atoms with van der Waals surface area (Å²) >= 11 is 1.53. The van der Waals surface area contributed by atoms with E-state index >= 15 is 0 Å². The Hall–Kier alpha value is -2.81. The molecule has 0 atom stereocenters. The monoisotopic (exact) mass is 306 g/mol. The molecule has 2 aromatic rings. The van der Waals surface area contributed by atoms with Crippen molar-refractivity contribution in [2.75, 3.05) is 5.43 Å². The molecule has 21 heavy (non-hydrogen) atoms. The molecule has 1 N–H and O–H groups in total. The van der Waals surface area contributed by atoms with Crippen molar-refractivity contribution >= 4 is 34.6 Å². The summed E-state index contributed by atoms with van der Waals surface area (Å²) in [7, 11) is 0. The maximum Gasteiger partial charge on any atom is 0.301 e. The van der Waals surface area contributed by atoms with Crippen LogP contribution in [0.2, 0.25) is 0 Å². The number of hydrogen-bond donors (Lipinski definition) is 1. The first kappa shape index (κ1) is 14.6. The first-order chi connectivity index (χ1) is 9.97. The Labute approximate surface area is 123 Å². The fourth-order valence-corrected chi connectivity index (χ4v) is 2.32. The SMILES string of the molecule is Cc1ccc(C=NNc2ccc([N+](=O)[O-])cc2[N+](=O)[O-])s1. The number of hydrogen-bond acceptors (Lipinski definition) is 7. The highest BCUT2D eigenvalue weighted by molar-refractivity contribution is 7.13. The molecule has 0 radical (unpaired) electrons. The zero-order valence-corrected chi connectivity index (χ0v) is 11.7. The van der Waals surface area contributed by atoms with Crippen LogP contribution < -0.4 is 5.43 Å². The number of thiophene rings is 1. The molecule has 1 heterocycles. The molecular formula is C12H10N4O4S. The van der Waals surface area contributed by atoms with E-state index in [9.17, 15) is 20.2 Å². The van der Waals surface area contributed by atoms with Crippen molar-refractivity contribution in [3.05, 3.63) is 60.3 Å². The van der Waals surface area contributed by atoms with Gasteiger partial charge in [-0.05, 0) is 25.1 Å². The summed E-state index contributed by atoms with van der Waals surface area (Å²) in [5.74, 6) is 0. The van der Waals surface area contributed by atoms with Crippen LogP contribution in [0.1, 0.15) is 9.75 Å². The van der Waals surface area contributed by atoms with Crippen molar-refractivity contribution < 1.29 is 9.85 Å². The Balaban J connectivity index is 2.21. The fourth-order valence-electron chi connectivity index (χ4n) is 1.57. The minimum Gasteiger partial charge on any atom is -0.272 e. The quantitative estimate of drug-likeness (QED) is 0.517. The van der Waals surface area contributed by atoms with Crippen LogP contribution in [0.5, 0.6) is 0 Å². The van der Waals surface area contributed by atoms with Gasteiger partial charge in [0, 0.05) is 15.8 Å². The molecule has 0 spiro atoms. The van der Waals surface area contributed by atoms with Crippen LogP contribution in [0.25, 0.3) is 0 Å². The summed E-state index contributed by atoms with van der Waals surface area (Å²) in [6, 6.07) is 7.14. The van der Waals surface area contributed by atoms with Crippen molar-refractivity contribution in [2.45, 2.75) is 6.92 Å². The predicted octanol–water partition coefficient (Wildman–Crippen LogP) is 3.32. The van der Waals surface area contributed by atoms with Gasteiger partial charge in [-0.25, -0.2) is 0 Å². The molecule has 0 aliphatic heterocycles. The molecule has 0 unspecified atom stereocenters. The number of benzene rings is 1. The number of anilines is 1. The Bertz CT molecular complexity index is 726. The third-order valence-electron chi connectivity index (χ3n) is 2.53. The molecule has 0 fully saturated rings. The molecule has 0 aliphatic carbocycles. The predicted molar refractivity (Wildman–Crippen MR) is 80.0 cm³/mol. The van der Waals surface area contributed by atoms with Crippen LogP contribution in [0.3, 0.4) is 0 Å². The molecule has 0 aliphatic rings. The van der Waals surface area contributed by atoms with Crippen LogP contribution in [-0.4, -0.2) is 16.1 Å². The summed E-state index contributed by atoms with van der Waals surface area (Å²) in [5.41, 5.74) is 1.88. The Morgan fingerprint density at radius 1 is 1.19 bits per heavy atom. The number of nitrogens with one attached hydrogen (secondary N) is 1. The molecule has 0 saturated heterocycles. The van der Waals surface area contributed by atoms with Gasteiger partial charge < -0.3 is 0 Å². The maximum absolute atomic E-state index is 10.9. The van der Waals surface area contributed by atoms with Crippen LogP contribution in [0.4, 0.5) is 17.1 Å². The largest absolute Gasteiger partial charge is 0.301 e. The van der Waals surface area contributed by atoms with Crippen molar-refractivity contribution in [1.29, 1.82) is 0 Å². The van der Waals surface area contributed by atoms with Crippen molar-refractivity contribution in [3.8, 4) is 0 Å². The number of aryl methyl sites for hydroxylation is 1. The molecule has 2 rings (SSSR count). The number of hydrazone groups is 1. The molecule has 0 amide bonds. The second-order valence-electron chi connectivity index (χ2n) is 4.03. The fraction of sp³-hybridized carbons (Fsp3) is 0.0833. The van der Waals surface area contributed by atoms with Gasteiger partial charge in [0.2, 0.25) is 0 Å². The summed E-state index contributed by atoms with van der Waals surface area (Å²) in [5, 5.41) is 25.5. The highest BCUT2D eigenvalue weighted by Gasteiger charge is 2.18. The summed E-state index contributed by atoms with van der Waals surface area (Å²) in [6.45, 7) is 1.95. The molecule has 8 nitrogen and oxygen atoms in total. The number of nitro groups is 2. The van der Waals surface area contributed by atoms with Gasteiger partial charge in [0.1, 0.15) is 5.69 Å². The normalized spacial score (nSPS) is 10.7. The van der Waals surface area contributed by atoms with Crippen LogP contribution >= 0.6 is 11.3 Å². The first-order valence-corrected chi connectivity index (χ1v) is 6.57. The number of nitro benzene ring substituents is 2. The highest BCUT2D eigenvalue weighted by Crippen LogP contribution is 2.28. The molecule has 0 saturated carbocycles. The number of nitrogens with zero attached hydrogens (tertiary/aromatic N) is 3. The first-order valence-electron chi connectivity index (χ1n) is 5.75. The highest BCUT2D eigenvalue weighted by atomic mass is 32.1. The molecule has 1 aromatic heterocycles. The van der Waals surface area contributed by atoms with E-state index in [0.717, 1.165) is 15.8 Å². The van der Waals surface area contributed by atoms with E-state index in [-0.39, 0.29) is 11.4 Å². The zero-order chi connectivity index (χ0) is 15.4. The third kappa shape index (κ3) is 3.60. The van der Waals surface area contributed by atoms with Crippen LogP contribution in [-0.2, 0) is 0 Å². The lowest BCUT2D eigenvalue weighted by molar-refractivity contribution is -0.393. The van der Waals surface area contributed by atoms with Gasteiger partial charge in [0.15, 0.2) is 0 Å². The smallest absolute Gasteiger partial charge is 0.272 e. The Morgan fingerprint density at radius 2 is 1.95 bits per heavy atom. The molecule has 1 aromatic carbocycles. The van der Waals surface area contributed by atoms with E-state index in [2.05, 4.69) is 10.5 Å². The molecule has 9 heteroatoms. The third-order valence-corrected chi connectivity index (χ3v) is 3.46. The van der Waals surface area contributed by atoms with Gasteiger partial charge in [-0.2, -0.15) is 5.10 Å². The van der Waals surface area contributed by atoms with Crippen molar-refractivity contribution in [3.63, 3.8) is 0 Å². The van der Waals surface area contributed by atoms with Crippen LogP contribution in [0, 0.1) is 27.2 Å². The van der Waals surface area contributed by atoms with E-state index < -0.39 is 15.5 Å². The average Bonchev–Trinajstić information content (AvgIpc) is 2.84. The van der Waals surface area contributed by atoms with Gasteiger partial charge in [0.05, 0.1) is 22.1 Å². The lowest BCUT2D eigenvalue weighted by Gasteiger charge is -2.01. The molecule has 0 bridgehead atoms. The minimum absolute atomic E-state index is 0.0927. The number of rotatable bonds is 5. The van der Waals surface area contributed by atoms with E-state index in [1.807, 2.05) is 19.1 Å². The van der Waals surface area contributed by atoms with Gasteiger partial charge in [-0.15, -0.1) is 11.3 Å². The van der Waals surface area contributed by atoms with Gasteiger partial charge in [0.25, 0.3) is 5.69 Å². The van der Waals surface area contributed by atoms with Crippen molar-refractivity contribution in [1.82, 2.24) is 0 Å². The average molecular weight is 306 g/mol. The minimum atomic E-state index is -0.694.